The van der Waals surface area contributed by atoms with Gasteiger partial charge in [0.1, 0.15) is 5.82 Å². The van der Waals surface area contributed by atoms with E-state index < -0.39 is 0 Å². The number of benzene rings is 1. The number of nitrogens with two attached hydrogens (primary N) is 1. The maximum Gasteiger partial charge on any atom is 0.141 e. The van der Waals surface area contributed by atoms with Crippen LogP contribution in [0.5, 0.6) is 0 Å². The van der Waals surface area contributed by atoms with Gasteiger partial charge >= 0.3 is 0 Å². The van der Waals surface area contributed by atoms with Crippen molar-refractivity contribution in [1.82, 2.24) is 4.98 Å². The zero-order valence-corrected chi connectivity index (χ0v) is 8.85. The van der Waals surface area contributed by atoms with Crippen molar-refractivity contribution in [2.45, 2.75) is 6.54 Å². The molecule has 2 aromatic rings. The molecule has 1 aromatic carbocycles. The lowest BCUT2D eigenvalue weighted by atomic mass is 10.2. The first-order valence-corrected chi connectivity index (χ1v) is 5.09. The molecule has 0 atom stereocenters. The van der Waals surface area contributed by atoms with Crippen molar-refractivity contribution in [2.24, 2.45) is 5.84 Å². The SMILES string of the molecule is NNc1cc(NCc2ccccc2)ccn1. The molecule has 16 heavy (non-hydrogen) atoms. The highest BCUT2D eigenvalue weighted by Crippen LogP contribution is 2.12. The third-order valence-electron chi connectivity index (χ3n) is 2.25. The Morgan fingerprint density at radius 1 is 1.12 bits per heavy atom. The minimum absolute atomic E-state index is 0.651. The number of aromatic nitrogens is 1. The van der Waals surface area contributed by atoms with Crippen LogP contribution in [-0.2, 0) is 6.54 Å². The monoisotopic (exact) mass is 214 g/mol. The zero-order valence-electron chi connectivity index (χ0n) is 8.85. The van der Waals surface area contributed by atoms with Crippen molar-refractivity contribution in [3.63, 3.8) is 0 Å². The molecule has 0 unspecified atom stereocenters. The van der Waals surface area contributed by atoms with E-state index in [1.807, 2.05) is 30.3 Å². The van der Waals surface area contributed by atoms with Crippen LogP contribution in [0.2, 0.25) is 0 Å². The van der Waals surface area contributed by atoms with Crippen molar-refractivity contribution in [3.05, 3.63) is 54.2 Å². The van der Waals surface area contributed by atoms with Crippen molar-refractivity contribution in [1.29, 1.82) is 0 Å². The van der Waals surface area contributed by atoms with Crippen molar-refractivity contribution >= 4 is 11.5 Å². The molecule has 0 saturated heterocycles. The van der Waals surface area contributed by atoms with Gasteiger partial charge in [-0.3, -0.25) is 0 Å². The molecule has 0 aliphatic rings. The van der Waals surface area contributed by atoms with Crippen LogP contribution in [0.15, 0.2) is 48.7 Å². The fourth-order valence-corrected chi connectivity index (χ4v) is 1.42. The van der Waals surface area contributed by atoms with E-state index in [2.05, 4.69) is 27.9 Å². The van der Waals surface area contributed by atoms with E-state index in [0.717, 1.165) is 12.2 Å². The van der Waals surface area contributed by atoms with E-state index in [-0.39, 0.29) is 0 Å². The molecule has 4 N–H and O–H groups in total. The predicted octanol–water partition coefficient (Wildman–Crippen LogP) is 1.98. The Hall–Kier alpha value is -2.07. The molecule has 4 heteroatoms. The minimum atomic E-state index is 0.651. The summed E-state index contributed by atoms with van der Waals surface area (Å²) in [6.07, 6.45) is 1.71. The Bertz CT molecular complexity index is 442. The van der Waals surface area contributed by atoms with Gasteiger partial charge in [0, 0.05) is 24.5 Å². The molecule has 82 valence electrons. The average Bonchev–Trinajstić information content (AvgIpc) is 2.38. The Morgan fingerprint density at radius 2 is 1.94 bits per heavy atom. The van der Waals surface area contributed by atoms with Gasteiger partial charge < -0.3 is 10.7 Å². The quantitative estimate of drug-likeness (QED) is 0.538. The molecule has 0 aliphatic heterocycles. The summed E-state index contributed by atoms with van der Waals surface area (Å²) in [6.45, 7) is 0.787. The summed E-state index contributed by atoms with van der Waals surface area (Å²) in [7, 11) is 0. The summed E-state index contributed by atoms with van der Waals surface area (Å²) < 4.78 is 0. The van der Waals surface area contributed by atoms with Crippen LogP contribution >= 0.6 is 0 Å². The molecule has 2 rings (SSSR count). The number of pyridine rings is 1. The maximum absolute atomic E-state index is 5.29. The minimum Gasteiger partial charge on any atom is -0.381 e. The maximum atomic E-state index is 5.29. The summed E-state index contributed by atoms with van der Waals surface area (Å²) in [5, 5.41) is 3.30. The standard InChI is InChI=1S/C12H14N4/c13-16-12-8-11(6-7-14-12)15-9-10-4-2-1-3-5-10/h1-8H,9,13H2,(H2,14,15,16). The van der Waals surface area contributed by atoms with Crippen LogP contribution in [0, 0.1) is 0 Å². The molecule has 1 heterocycles. The van der Waals surface area contributed by atoms with Gasteiger partial charge in [-0.1, -0.05) is 30.3 Å². The first kappa shape index (κ1) is 10.4. The Balaban J connectivity index is 1.99. The molecule has 0 saturated carbocycles. The summed E-state index contributed by atoms with van der Waals surface area (Å²) in [5.41, 5.74) is 4.74. The number of hydrogen-bond acceptors (Lipinski definition) is 4. The highest BCUT2D eigenvalue weighted by molar-refractivity contribution is 5.51. The van der Waals surface area contributed by atoms with Crippen molar-refractivity contribution < 1.29 is 0 Å². The van der Waals surface area contributed by atoms with Crippen LogP contribution < -0.4 is 16.6 Å². The van der Waals surface area contributed by atoms with Gasteiger partial charge in [0.25, 0.3) is 0 Å². The first-order chi connectivity index (χ1) is 7.88. The smallest absolute Gasteiger partial charge is 0.141 e. The molecular weight excluding hydrogens is 200 g/mol. The van der Waals surface area contributed by atoms with Crippen LogP contribution in [0.1, 0.15) is 5.56 Å². The van der Waals surface area contributed by atoms with Crippen molar-refractivity contribution in [2.75, 3.05) is 10.7 Å². The molecule has 0 spiro atoms. The normalized spacial score (nSPS) is 9.81. The van der Waals surface area contributed by atoms with E-state index in [4.69, 9.17) is 5.84 Å². The first-order valence-electron chi connectivity index (χ1n) is 5.09. The lowest BCUT2D eigenvalue weighted by Crippen LogP contribution is -2.09. The highest BCUT2D eigenvalue weighted by Gasteiger charge is 1.95. The van der Waals surface area contributed by atoms with Gasteiger partial charge in [0.05, 0.1) is 0 Å². The molecule has 0 amide bonds. The Labute approximate surface area is 94.5 Å². The van der Waals surface area contributed by atoms with E-state index in [1.165, 1.54) is 5.56 Å². The molecule has 0 bridgehead atoms. The van der Waals surface area contributed by atoms with Gasteiger partial charge in [0.2, 0.25) is 0 Å². The summed E-state index contributed by atoms with van der Waals surface area (Å²) in [4.78, 5) is 4.04. The molecule has 4 nitrogen and oxygen atoms in total. The number of hydrazine groups is 1. The van der Waals surface area contributed by atoms with Crippen LogP contribution in [0.4, 0.5) is 11.5 Å². The third-order valence-corrected chi connectivity index (χ3v) is 2.25. The fraction of sp³-hybridized carbons (Fsp3) is 0.0833. The van der Waals surface area contributed by atoms with Gasteiger partial charge in [-0.05, 0) is 11.6 Å². The van der Waals surface area contributed by atoms with E-state index >= 15 is 0 Å². The van der Waals surface area contributed by atoms with Gasteiger partial charge in [0.15, 0.2) is 0 Å². The Kier molecular flexibility index (Phi) is 3.35. The van der Waals surface area contributed by atoms with E-state index in [1.54, 1.807) is 6.20 Å². The fourth-order valence-electron chi connectivity index (χ4n) is 1.42. The summed E-state index contributed by atoms with van der Waals surface area (Å²) >= 11 is 0. The number of rotatable bonds is 4. The van der Waals surface area contributed by atoms with Crippen LogP contribution in [0.25, 0.3) is 0 Å². The molecule has 1 aromatic heterocycles. The lowest BCUT2D eigenvalue weighted by Gasteiger charge is -2.07. The number of nitrogens with one attached hydrogen (secondary N) is 2. The van der Waals surface area contributed by atoms with Gasteiger partial charge in [-0.2, -0.15) is 0 Å². The second-order valence-electron chi connectivity index (χ2n) is 3.41. The molecule has 0 radical (unpaired) electrons. The number of nitrogens with zero attached hydrogens (tertiary/aromatic N) is 1. The topological polar surface area (TPSA) is 63.0 Å². The number of anilines is 2. The molecular formula is C12H14N4. The van der Waals surface area contributed by atoms with Crippen molar-refractivity contribution in [3.8, 4) is 0 Å². The molecule has 0 fully saturated rings. The van der Waals surface area contributed by atoms with E-state index in [9.17, 15) is 0 Å². The van der Waals surface area contributed by atoms with Gasteiger partial charge in [-0.25, -0.2) is 10.8 Å². The molecule has 0 aliphatic carbocycles. The van der Waals surface area contributed by atoms with Crippen LogP contribution in [0.3, 0.4) is 0 Å². The average molecular weight is 214 g/mol. The Morgan fingerprint density at radius 3 is 2.69 bits per heavy atom. The zero-order chi connectivity index (χ0) is 11.2. The summed E-state index contributed by atoms with van der Waals surface area (Å²) in [6, 6.07) is 14.0. The lowest BCUT2D eigenvalue weighted by molar-refractivity contribution is 1.14. The van der Waals surface area contributed by atoms with Crippen LogP contribution in [-0.4, -0.2) is 4.98 Å². The number of hydrogen-bond donors (Lipinski definition) is 3. The van der Waals surface area contributed by atoms with Gasteiger partial charge in [-0.15, -0.1) is 0 Å². The predicted molar refractivity (Wildman–Crippen MR) is 65.8 cm³/mol. The second-order valence-corrected chi connectivity index (χ2v) is 3.41. The largest absolute Gasteiger partial charge is 0.381 e. The number of nitrogen functional groups attached to an aromatic ring is 1. The highest BCUT2D eigenvalue weighted by atomic mass is 15.2. The third kappa shape index (κ3) is 2.71. The van der Waals surface area contributed by atoms with E-state index in [0.29, 0.717) is 5.82 Å². The second kappa shape index (κ2) is 5.14. The summed E-state index contributed by atoms with van der Waals surface area (Å²) in [5.74, 6) is 5.94.